The second-order valence-electron chi connectivity index (χ2n) is 5.25. The van der Waals surface area contributed by atoms with E-state index in [0.717, 1.165) is 24.8 Å². The van der Waals surface area contributed by atoms with Gasteiger partial charge in [0.15, 0.2) is 0 Å². The molecule has 3 rings (SSSR count). The number of aromatic nitrogens is 2. The zero-order chi connectivity index (χ0) is 11.0. The first-order chi connectivity index (χ1) is 7.83. The van der Waals surface area contributed by atoms with Crippen molar-refractivity contribution in [3.05, 3.63) is 18.1 Å². The molecule has 1 aromatic heterocycles. The number of anilines is 1. The Kier molecular flexibility index (Phi) is 2.54. The van der Waals surface area contributed by atoms with Crippen LogP contribution in [0.1, 0.15) is 44.2 Å². The summed E-state index contributed by atoms with van der Waals surface area (Å²) in [5.74, 6) is 2.67. The summed E-state index contributed by atoms with van der Waals surface area (Å²) in [6.07, 6.45) is 9.03. The van der Waals surface area contributed by atoms with Crippen LogP contribution in [0, 0.1) is 5.92 Å². The fourth-order valence-electron chi connectivity index (χ4n) is 2.34. The smallest absolute Gasteiger partial charge is 0.147 e. The lowest BCUT2D eigenvalue weighted by molar-refractivity contribution is 0.436. The summed E-state index contributed by atoms with van der Waals surface area (Å²) in [5, 5.41) is 0. The first kappa shape index (κ1) is 10.1. The Hall–Kier alpha value is -1.12. The Balaban J connectivity index is 1.75. The van der Waals surface area contributed by atoms with E-state index in [1.54, 1.807) is 0 Å². The van der Waals surface area contributed by atoms with Gasteiger partial charge >= 0.3 is 0 Å². The van der Waals surface area contributed by atoms with Crippen molar-refractivity contribution < 1.29 is 0 Å². The van der Waals surface area contributed by atoms with E-state index in [2.05, 4.69) is 16.8 Å². The van der Waals surface area contributed by atoms with Crippen molar-refractivity contribution in [2.45, 2.75) is 38.5 Å². The van der Waals surface area contributed by atoms with Crippen LogP contribution in [0.2, 0.25) is 0 Å². The van der Waals surface area contributed by atoms with E-state index in [4.69, 9.17) is 4.98 Å². The zero-order valence-corrected chi connectivity index (χ0v) is 9.89. The molecule has 0 N–H and O–H groups in total. The quantitative estimate of drug-likeness (QED) is 0.762. The highest BCUT2D eigenvalue weighted by molar-refractivity contribution is 5.37. The molecule has 1 aromatic rings. The molecule has 0 radical (unpaired) electrons. The Morgan fingerprint density at radius 1 is 1.12 bits per heavy atom. The Morgan fingerprint density at radius 3 is 2.56 bits per heavy atom. The van der Waals surface area contributed by atoms with Gasteiger partial charge in [-0.25, -0.2) is 4.98 Å². The SMILES string of the molecule is CC1CCN(c2cncc(C3CC3)n2)CC1. The predicted molar refractivity (Wildman–Crippen MR) is 64.6 cm³/mol. The highest BCUT2D eigenvalue weighted by Gasteiger charge is 2.26. The molecule has 1 saturated heterocycles. The number of rotatable bonds is 2. The molecule has 1 aliphatic carbocycles. The van der Waals surface area contributed by atoms with E-state index in [0.29, 0.717) is 5.92 Å². The average molecular weight is 217 g/mol. The largest absolute Gasteiger partial charge is 0.355 e. The van der Waals surface area contributed by atoms with Crippen LogP contribution in [0.15, 0.2) is 12.4 Å². The maximum Gasteiger partial charge on any atom is 0.147 e. The third kappa shape index (κ3) is 2.04. The molecule has 0 atom stereocenters. The summed E-state index contributed by atoms with van der Waals surface area (Å²) in [6.45, 7) is 4.62. The van der Waals surface area contributed by atoms with Crippen LogP contribution in [-0.2, 0) is 0 Å². The summed E-state index contributed by atoms with van der Waals surface area (Å²) in [5.41, 5.74) is 1.20. The zero-order valence-electron chi connectivity index (χ0n) is 9.89. The van der Waals surface area contributed by atoms with Crippen molar-refractivity contribution >= 4 is 5.82 Å². The van der Waals surface area contributed by atoms with E-state index in [1.165, 1.54) is 31.4 Å². The van der Waals surface area contributed by atoms with Crippen molar-refractivity contribution in [3.63, 3.8) is 0 Å². The van der Waals surface area contributed by atoms with Crippen molar-refractivity contribution in [3.8, 4) is 0 Å². The molecule has 0 bridgehead atoms. The maximum atomic E-state index is 4.75. The average Bonchev–Trinajstić information content (AvgIpc) is 3.14. The van der Waals surface area contributed by atoms with Gasteiger partial charge in [-0.1, -0.05) is 6.92 Å². The van der Waals surface area contributed by atoms with Crippen LogP contribution < -0.4 is 4.90 Å². The second kappa shape index (κ2) is 4.04. The van der Waals surface area contributed by atoms with E-state index in [1.807, 2.05) is 12.4 Å². The van der Waals surface area contributed by atoms with Crippen molar-refractivity contribution in [2.24, 2.45) is 5.92 Å². The fourth-order valence-corrected chi connectivity index (χ4v) is 2.34. The Labute approximate surface area is 96.9 Å². The van der Waals surface area contributed by atoms with Gasteiger partial charge < -0.3 is 4.90 Å². The lowest BCUT2D eigenvalue weighted by Crippen LogP contribution is -2.33. The van der Waals surface area contributed by atoms with Gasteiger partial charge in [-0.15, -0.1) is 0 Å². The van der Waals surface area contributed by atoms with E-state index < -0.39 is 0 Å². The van der Waals surface area contributed by atoms with E-state index in [-0.39, 0.29) is 0 Å². The molecule has 1 saturated carbocycles. The minimum Gasteiger partial charge on any atom is -0.355 e. The topological polar surface area (TPSA) is 29.0 Å². The van der Waals surface area contributed by atoms with Gasteiger partial charge in [0.2, 0.25) is 0 Å². The van der Waals surface area contributed by atoms with Gasteiger partial charge in [0, 0.05) is 25.2 Å². The van der Waals surface area contributed by atoms with E-state index in [9.17, 15) is 0 Å². The van der Waals surface area contributed by atoms with Crippen LogP contribution >= 0.6 is 0 Å². The molecule has 0 spiro atoms. The van der Waals surface area contributed by atoms with Gasteiger partial charge in [0.05, 0.1) is 11.9 Å². The number of hydrogen-bond acceptors (Lipinski definition) is 3. The molecule has 0 unspecified atom stereocenters. The third-order valence-electron chi connectivity index (χ3n) is 3.74. The normalized spacial score (nSPS) is 22.4. The summed E-state index contributed by atoms with van der Waals surface area (Å²) in [7, 11) is 0. The molecular weight excluding hydrogens is 198 g/mol. The lowest BCUT2D eigenvalue weighted by Gasteiger charge is -2.31. The summed E-state index contributed by atoms with van der Waals surface area (Å²) >= 11 is 0. The summed E-state index contributed by atoms with van der Waals surface area (Å²) < 4.78 is 0. The van der Waals surface area contributed by atoms with Crippen LogP contribution in [0.4, 0.5) is 5.82 Å². The van der Waals surface area contributed by atoms with Crippen molar-refractivity contribution in [2.75, 3.05) is 18.0 Å². The standard InChI is InChI=1S/C13H19N3/c1-10-4-6-16(7-5-10)13-9-14-8-12(15-13)11-2-3-11/h8-11H,2-7H2,1H3. The molecule has 3 nitrogen and oxygen atoms in total. The maximum absolute atomic E-state index is 4.75. The molecular formula is C13H19N3. The Bertz CT molecular complexity index is 365. The predicted octanol–water partition coefficient (Wildman–Crippen LogP) is 2.59. The molecule has 3 heteroatoms. The highest BCUT2D eigenvalue weighted by Crippen LogP contribution is 2.39. The van der Waals surface area contributed by atoms with Gasteiger partial charge in [0.25, 0.3) is 0 Å². The molecule has 2 aliphatic rings. The summed E-state index contributed by atoms with van der Waals surface area (Å²) in [4.78, 5) is 11.5. The Morgan fingerprint density at radius 2 is 1.88 bits per heavy atom. The molecule has 1 aliphatic heterocycles. The van der Waals surface area contributed by atoms with Gasteiger partial charge in [-0.2, -0.15) is 0 Å². The van der Waals surface area contributed by atoms with E-state index >= 15 is 0 Å². The van der Waals surface area contributed by atoms with Gasteiger partial charge in [-0.3, -0.25) is 4.98 Å². The van der Waals surface area contributed by atoms with Crippen molar-refractivity contribution in [1.82, 2.24) is 9.97 Å². The van der Waals surface area contributed by atoms with Crippen LogP contribution in [0.3, 0.4) is 0 Å². The molecule has 2 heterocycles. The fraction of sp³-hybridized carbons (Fsp3) is 0.692. The minimum absolute atomic E-state index is 0.705. The van der Waals surface area contributed by atoms with Crippen LogP contribution in [0.5, 0.6) is 0 Å². The molecule has 0 amide bonds. The first-order valence-electron chi connectivity index (χ1n) is 6.40. The van der Waals surface area contributed by atoms with Crippen molar-refractivity contribution in [1.29, 1.82) is 0 Å². The second-order valence-corrected chi connectivity index (χ2v) is 5.25. The number of hydrogen-bond donors (Lipinski definition) is 0. The number of piperidine rings is 1. The monoisotopic (exact) mass is 217 g/mol. The first-order valence-corrected chi connectivity index (χ1v) is 6.40. The minimum atomic E-state index is 0.705. The highest BCUT2D eigenvalue weighted by atomic mass is 15.2. The van der Waals surface area contributed by atoms with Gasteiger partial charge in [0.1, 0.15) is 5.82 Å². The molecule has 86 valence electrons. The lowest BCUT2D eigenvalue weighted by atomic mass is 9.99. The van der Waals surface area contributed by atoms with Crippen LogP contribution in [-0.4, -0.2) is 23.1 Å². The third-order valence-corrected chi connectivity index (χ3v) is 3.74. The van der Waals surface area contributed by atoms with Crippen LogP contribution in [0.25, 0.3) is 0 Å². The molecule has 0 aromatic carbocycles. The molecule has 2 fully saturated rings. The number of nitrogens with zero attached hydrogens (tertiary/aromatic N) is 3. The molecule has 16 heavy (non-hydrogen) atoms. The van der Waals surface area contributed by atoms with Gasteiger partial charge in [-0.05, 0) is 31.6 Å². The summed E-state index contributed by atoms with van der Waals surface area (Å²) in [6, 6.07) is 0.